The number of rotatable bonds is 10. The van der Waals surface area contributed by atoms with E-state index < -0.39 is 0 Å². The summed E-state index contributed by atoms with van der Waals surface area (Å²) in [5.41, 5.74) is 0.254. The molecule has 0 aromatic rings. The summed E-state index contributed by atoms with van der Waals surface area (Å²) >= 11 is 0. The van der Waals surface area contributed by atoms with Gasteiger partial charge in [-0.15, -0.1) is 0 Å². The Labute approximate surface area is 167 Å². The summed E-state index contributed by atoms with van der Waals surface area (Å²) in [5.74, 6) is 0.976. The number of piperidine rings is 2. The molecule has 0 atom stereocenters. The van der Waals surface area contributed by atoms with Crippen LogP contribution in [-0.4, -0.2) is 87.4 Å². The summed E-state index contributed by atoms with van der Waals surface area (Å²) in [6.45, 7) is 13.5. The Morgan fingerprint density at radius 3 is 2.41 bits per heavy atom. The second-order valence-corrected chi connectivity index (χ2v) is 8.10. The second-order valence-electron chi connectivity index (χ2n) is 8.10. The highest BCUT2D eigenvalue weighted by atomic mass is 16.5. The Hall–Kier alpha value is -0.850. The second kappa shape index (κ2) is 12.6. The molecule has 0 bridgehead atoms. The molecule has 2 aliphatic heterocycles. The van der Waals surface area contributed by atoms with Crippen molar-refractivity contribution in [3.05, 3.63) is 0 Å². The molecule has 0 radical (unpaired) electrons. The fourth-order valence-corrected chi connectivity index (χ4v) is 4.23. The molecule has 2 aliphatic rings. The third kappa shape index (κ3) is 7.59. The van der Waals surface area contributed by atoms with Crippen LogP contribution in [0.5, 0.6) is 0 Å². The summed E-state index contributed by atoms with van der Waals surface area (Å²) < 4.78 is 5.42. The summed E-state index contributed by atoms with van der Waals surface area (Å²) in [5, 5.41) is 6.95. The zero-order chi connectivity index (χ0) is 19.4. The maximum Gasteiger partial charge on any atom is 0.191 e. The highest BCUT2D eigenvalue weighted by molar-refractivity contribution is 5.79. The first kappa shape index (κ1) is 22.4. The van der Waals surface area contributed by atoms with Gasteiger partial charge in [0.1, 0.15) is 0 Å². The molecule has 0 aliphatic carbocycles. The van der Waals surface area contributed by atoms with Gasteiger partial charge < -0.3 is 20.3 Å². The van der Waals surface area contributed by atoms with Gasteiger partial charge in [-0.25, -0.2) is 0 Å². The van der Waals surface area contributed by atoms with Crippen LogP contribution in [0.2, 0.25) is 0 Å². The number of hydrogen-bond donors (Lipinski definition) is 2. The van der Waals surface area contributed by atoms with Crippen molar-refractivity contribution in [2.75, 3.05) is 66.1 Å². The van der Waals surface area contributed by atoms with Crippen LogP contribution >= 0.6 is 0 Å². The van der Waals surface area contributed by atoms with Crippen LogP contribution in [0.25, 0.3) is 0 Å². The number of aliphatic imine (C=N–C) groups is 1. The van der Waals surface area contributed by atoms with Crippen molar-refractivity contribution in [3.63, 3.8) is 0 Å². The molecule has 6 heteroatoms. The lowest BCUT2D eigenvalue weighted by Crippen LogP contribution is -2.58. The first-order valence-corrected chi connectivity index (χ1v) is 11.2. The van der Waals surface area contributed by atoms with Gasteiger partial charge in [-0.2, -0.15) is 0 Å². The number of nitrogens with one attached hydrogen (secondary N) is 2. The normalized spacial score (nSPS) is 22.0. The van der Waals surface area contributed by atoms with Crippen molar-refractivity contribution in [1.29, 1.82) is 0 Å². The van der Waals surface area contributed by atoms with Crippen molar-refractivity contribution >= 4 is 5.96 Å². The molecule has 2 N–H and O–H groups in total. The van der Waals surface area contributed by atoms with Crippen molar-refractivity contribution < 1.29 is 4.74 Å². The number of ether oxygens (including phenoxy) is 1. The highest BCUT2D eigenvalue weighted by Crippen LogP contribution is 2.31. The van der Waals surface area contributed by atoms with Gasteiger partial charge in [0.25, 0.3) is 0 Å². The Balaban J connectivity index is 1.91. The maximum absolute atomic E-state index is 5.42. The van der Waals surface area contributed by atoms with E-state index in [0.29, 0.717) is 0 Å². The highest BCUT2D eigenvalue weighted by Gasteiger charge is 2.39. The van der Waals surface area contributed by atoms with Crippen LogP contribution in [0.3, 0.4) is 0 Å². The zero-order valence-electron chi connectivity index (χ0n) is 18.1. The quantitative estimate of drug-likeness (QED) is 0.345. The molecule has 2 saturated heterocycles. The van der Waals surface area contributed by atoms with Crippen LogP contribution in [0, 0.1) is 0 Å². The number of likely N-dealkylation sites (tertiary alicyclic amines) is 2. The van der Waals surface area contributed by atoms with Gasteiger partial charge in [0.05, 0.1) is 6.54 Å². The molecule has 6 nitrogen and oxygen atoms in total. The van der Waals surface area contributed by atoms with E-state index in [4.69, 9.17) is 9.73 Å². The smallest absolute Gasteiger partial charge is 0.191 e. The molecule has 0 aromatic carbocycles. The molecule has 0 amide bonds. The van der Waals surface area contributed by atoms with Crippen molar-refractivity contribution in [3.8, 4) is 0 Å². The van der Waals surface area contributed by atoms with E-state index in [1.54, 1.807) is 0 Å². The van der Waals surface area contributed by atoms with Crippen molar-refractivity contribution in [2.45, 2.75) is 64.3 Å². The largest absolute Gasteiger partial charge is 0.382 e. The lowest BCUT2D eigenvalue weighted by molar-refractivity contribution is 0.0208. The average molecular weight is 382 g/mol. The third-order valence-corrected chi connectivity index (χ3v) is 6.03. The minimum atomic E-state index is 0.254. The Morgan fingerprint density at radius 2 is 1.74 bits per heavy atom. The van der Waals surface area contributed by atoms with Gasteiger partial charge in [0.2, 0.25) is 0 Å². The average Bonchev–Trinajstić information content (AvgIpc) is 2.71. The van der Waals surface area contributed by atoms with Crippen LogP contribution in [0.15, 0.2) is 4.99 Å². The molecular weight excluding hydrogens is 338 g/mol. The van der Waals surface area contributed by atoms with Crippen LogP contribution < -0.4 is 10.6 Å². The fraction of sp³-hybridized carbons (Fsp3) is 0.952. The van der Waals surface area contributed by atoms with Gasteiger partial charge in [-0.1, -0.05) is 6.42 Å². The summed E-state index contributed by atoms with van der Waals surface area (Å²) in [7, 11) is 2.25. The number of hydrogen-bond acceptors (Lipinski definition) is 4. The molecule has 2 rings (SSSR count). The van der Waals surface area contributed by atoms with Gasteiger partial charge in [-0.05, 0) is 85.6 Å². The molecular formula is C21H43N5O. The van der Waals surface area contributed by atoms with Crippen molar-refractivity contribution in [2.24, 2.45) is 4.99 Å². The minimum Gasteiger partial charge on any atom is -0.382 e. The molecule has 2 fully saturated rings. The number of unbranched alkanes of at least 4 members (excludes halogenated alkanes) is 1. The van der Waals surface area contributed by atoms with E-state index in [1.807, 2.05) is 0 Å². The van der Waals surface area contributed by atoms with Crippen LogP contribution in [0.1, 0.15) is 58.8 Å². The van der Waals surface area contributed by atoms with Crippen LogP contribution in [0.4, 0.5) is 0 Å². The molecule has 0 saturated carbocycles. The fourth-order valence-electron chi connectivity index (χ4n) is 4.23. The van der Waals surface area contributed by atoms with E-state index in [2.05, 4.69) is 41.3 Å². The molecule has 2 heterocycles. The van der Waals surface area contributed by atoms with Gasteiger partial charge in [0.15, 0.2) is 5.96 Å². The molecule has 0 spiro atoms. The molecule has 27 heavy (non-hydrogen) atoms. The molecule has 158 valence electrons. The van der Waals surface area contributed by atoms with E-state index in [1.165, 1.54) is 58.3 Å². The monoisotopic (exact) mass is 381 g/mol. The van der Waals surface area contributed by atoms with E-state index in [-0.39, 0.29) is 5.54 Å². The molecule has 0 unspecified atom stereocenters. The van der Waals surface area contributed by atoms with Gasteiger partial charge in [0, 0.05) is 31.8 Å². The van der Waals surface area contributed by atoms with Gasteiger partial charge in [-0.3, -0.25) is 9.89 Å². The SMILES string of the molecule is CCNC(=NCC1(N2CCCCC2)CCN(C)CC1)NCCCCOCC. The van der Waals surface area contributed by atoms with E-state index in [9.17, 15) is 0 Å². The Kier molecular flexibility index (Phi) is 10.5. The topological polar surface area (TPSA) is 52.1 Å². The predicted molar refractivity (Wildman–Crippen MR) is 115 cm³/mol. The first-order chi connectivity index (χ1) is 13.2. The van der Waals surface area contributed by atoms with Crippen LogP contribution in [-0.2, 0) is 4.74 Å². The summed E-state index contributed by atoms with van der Waals surface area (Å²) in [6.07, 6.45) is 8.78. The third-order valence-electron chi connectivity index (χ3n) is 6.03. The zero-order valence-corrected chi connectivity index (χ0v) is 18.1. The van der Waals surface area contributed by atoms with E-state index in [0.717, 1.165) is 51.6 Å². The lowest BCUT2D eigenvalue weighted by Gasteiger charge is -2.49. The summed E-state index contributed by atoms with van der Waals surface area (Å²) in [4.78, 5) is 10.3. The Morgan fingerprint density at radius 1 is 1.00 bits per heavy atom. The number of nitrogens with zero attached hydrogens (tertiary/aromatic N) is 3. The lowest BCUT2D eigenvalue weighted by atomic mass is 9.84. The van der Waals surface area contributed by atoms with Gasteiger partial charge >= 0.3 is 0 Å². The Bertz CT molecular complexity index is 415. The first-order valence-electron chi connectivity index (χ1n) is 11.2. The number of guanidine groups is 1. The predicted octanol–water partition coefficient (Wildman–Crippen LogP) is 2.31. The molecule has 0 aromatic heterocycles. The van der Waals surface area contributed by atoms with E-state index >= 15 is 0 Å². The minimum absolute atomic E-state index is 0.254. The van der Waals surface area contributed by atoms with Crippen molar-refractivity contribution in [1.82, 2.24) is 20.4 Å². The summed E-state index contributed by atoms with van der Waals surface area (Å²) in [6, 6.07) is 0. The maximum atomic E-state index is 5.42. The standard InChI is InChI=1S/C21H43N5O/c1-4-22-20(23-13-7-10-18-27-5-2)24-19-21(11-16-25(3)17-12-21)26-14-8-6-9-15-26/h4-19H2,1-3H3,(H2,22,23,24).